The van der Waals surface area contributed by atoms with Gasteiger partial charge in [-0.3, -0.25) is 0 Å². The first-order chi connectivity index (χ1) is 9.24. The Balaban J connectivity index is 1.76. The first-order valence-electron chi connectivity index (χ1n) is 6.17. The molecule has 1 aliphatic rings. The predicted octanol–water partition coefficient (Wildman–Crippen LogP) is 3.32. The molecule has 2 aromatic rings. The van der Waals surface area contributed by atoms with E-state index >= 15 is 0 Å². The molecular formula is C15H12FNO2. The molecule has 1 aliphatic carbocycles. The first kappa shape index (κ1) is 11.8. The van der Waals surface area contributed by atoms with Crippen LogP contribution in [0.2, 0.25) is 0 Å². The van der Waals surface area contributed by atoms with Crippen molar-refractivity contribution in [3.05, 3.63) is 59.7 Å². The van der Waals surface area contributed by atoms with Crippen molar-refractivity contribution in [3.8, 4) is 5.75 Å². The molecule has 0 bridgehead atoms. The van der Waals surface area contributed by atoms with Crippen molar-refractivity contribution >= 4 is 5.97 Å². The number of pyridine rings is 1. The molecule has 1 heterocycles. The zero-order valence-electron chi connectivity index (χ0n) is 10.2. The summed E-state index contributed by atoms with van der Waals surface area (Å²) in [5, 5.41) is 0. The minimum Gasteiger partial charge on any atom is -0.422 e. The number of halogens is 1. The van der Waals surface area contributed by atoms with E-state index in [4.69, 9.17) is 4.74 Å². The van der Waals surface area contributed by atoms with Gasteiger partial charge in [-0.25, -0.2) is 14.2 Å². The molecule has 96 valence electrons. The summed E-state index contributed by atoms with van der Waals surface area (Å²) in [5.41, 5.74) is 0.909. The fourth-order valence-corrected chi connectivity index (χ4v) is 1.94. The Morgan fingerprint density at radius 3 is 2.74 bits per heavy atom. The van der Waals surface area contributed by atoms with Gasteiger partial charge in [-0.1, -0.05) is 12.1 Å². The lowest BCUT2D eigenvalue weighted by Crippen LogP contribution is -2.10. The SMILES string of the molecule is O=C(Oc1ccc(C2CC2)c(F)c1)c1ccccn1. The largest absolute Gasteiger partial charge is 0.422 e. The highest BCUT2D eigenvalue weighted by Gasteiger charge is 2.26. The highest BCUT2D eigenvalue weighted by molar-refractivity contribution is 5.88. The summed E-state index contributed by atoms with van der Waals surface area (Å²) in [4.78, 5) is 15.6. The van der Waals surface area contributed by atoms with Gasteiger partial charge in [-0.05, 0) is 42.5 Å². The summed E-state index contributed by atoms with van der Waals surface area (Å²) in [6, 6.07) is 9.53. The molecule has 19 heavy (non-hydrogen) atoms. The van der Waals surface area contributed by atoms with Crippen molar-refractivity contribution in [2.75, 3.05) is 0 Å². The number of aromatic nitrogens is 1. The van der Waals surface area contributed by atoms with Crippen LogP contribution in [0.15, 0.2) is 42.6 Å². The van der Waals surface area contributed by atoms with Crippen LogP contribution in [0, 0.1) is 5.82 Å². The summed E-state index contributed by atoms with van der Waals surface area (Å²) in [5.74, 6) is -0.355. The zero-order chi connectivity index (χ0) is 13.2. The maximum absolute atomic E-state index is 13.8. The van der Waals surface area contributed by atoms with Gasteiger partial charge in [0.25, 0.3) is 0 Å². The number of hydrogen-bond donors (Lipinski definition) is 0. The van der Waals surface area contributed by atoms with Gasteiger partial charge < -0.3 is 4.74 Å². The third-order valence-electron chi connectivity index (χ3n) is 3.07. The molecule has 1 aromatic carbocycles. The number of hydrogen-bond acceptors (Lipinski definition) is 3. The van der Waals surface area contributed by atoms with Crippen LogP contribution in [0.25, 0.3) is 0 Å². The van der Waals surface area contributed by atoms with E-state index in [1.165, 1.54) is 12.3 Å². The van der Waals surface area contributed by atoms with Gasteiger partial charge in [0.2, 0.25) is 0 Å². The molecule has 0 N–H and O–H groups in total. The van der Waals surface area contributed by atoms with Crippen LogP contribution in [-0.2, 0) is 0 Å². The minimum absolute atomic E-state index is 0.203. The highest BCUT2D eigenvalue weighted by atomic mass is 19.1. The van der Waals surface area contributed by atoms with Crippen LogP contribution in [0.5, 0.6) is 5.75 Å². The minimum atomic E-state index is -0.584. The predicted molar refractivity (Wildman–Crippen MR) is 67.6 cm³/mol. The van der Waals surface area contributed by atoms with E-state index in [1.807, 2.05) is 0 Å². The molecule has 0 spiro atoms. The molecule has 0 saturated heterocycles. The summed E-state index contributed by atoms with van der Waals surface area (Å²) in [6.45, 7) is 0. The molecule has 1 saturated carbocycles. The van der Waals surface area contributed by atoms with E-state index in [2.05, 4.69) is 4.98 Å². The number of carbonyl (C=O) groups is 1. The summed E-state index contributed by atoms with van der Waals surface area (Å²) in [6.07, 6.45) is 3.57. The average Bonchev–Trinajstić information content (AvgIpc) is 3.24. The monoisotopic (exact) mass is 257 g/mol. The number of ether oxygens (including phenoxy) is 1. The van der Waals surface area contributed by atoms with Crippen LogP contribution in [0.3, 0.4) is 0 Å². The Bertz CT molecular complexity index is 609. The van der Waals surface area contributed by atoms with Crippen molar-refractivity contribution < 1.29 is 13.9 Å². The van der Waals surface area contributed by atoms with Crippen LogP contribution in [0.4, 0.5) is 4.39 Å². The topological polar surface area (TPSA) is 39.2 Å². The Morgan fingerprint density at radius 1 is 1.26 bits per heavy atom. The van der Waals surface area contributed by atoms with Crippen LogP contribution in [-0.4, -0.2) is 11.0 Å². The normalized spacial score (nSPS) is 14.2. The van der Waals surface area contributed by atoms with E-state index in [-0.39, 0.29) is 17.3 Å². The molecule has 0 aliphatic heterocycles. The number of nitrogens with zero attached hydrogens (tertiary/aromatic N) is 1. The van der Waals surface area contributed by atoms with Gasteiger partial charge in [0.1, 0.15) is 17.3 Å². The van der Waals surface area contributed by atoms with Crippen LogP contribution < -0.4 is 4.74 Å². The molecule has 1 aromatic heterocycles. The lowest BCUT2D eigenvalue weighted by molar-refractivity contribution is 0.0728. The fourth-order valence-electron chi connectivity index (χ4n) is 1.94. The second-order valence-electron chi connectivity index (χ2n) is 4.56. The summed E-state index contributed by atoms with van der Waals surface area (Å²) < 4.78 is 18.9. The average molecular weight is 257 g/mol. The number of rotatable bonds is 3. The molecule has 3 nitrogen and oxygen atoms in total. The van der Waals surface area contributed by atoms with E-state index < -0.39 is 5.97 Å². The molecular weight excluding hydrogens is 245 g/mol. The smallest absolute Gasteiger partial charge is 0.362 e. The van der Waals surface area contributed by atoms with Crippen molar-refractivity contribution in [2.45, 2.75) is 18.8 Å². The third kappa shape index (κ3) is 2.62. The van der Waals surface area contributed by atoms with Crippen molar-refractivity contribution in [1.82, 2.24) is 4.98 Å². The summed E-state index contributed by atoms with van der Waals surface area (Å²) in [7, 11) is 0. The highest BCUT2D eigenvalue weighted by Crippen LogP contribution is 2.41. The van der Waals surface area contributed by atoms with Crippen molar-refractivity contribution in [3.63, 3.8) is 0 Å². The molecule has 0 radical (unpaired) electrons. The number of benzene rings is 1. The molecule has 3 rings (SSSR count). The first-order valence-corrected chi connectivity index (χ1v) is 6.17. The van der Waals surface area contributed by atoms with Gasteiger partial charge in [0, 0.05) is 12.3 Å². The standard InChI is InChI=1S/C15H12FNO2/c16-13-9-11(6-7-12(13)10-4-5-10)19-15(18)14-3-1-2-8-17-14/h1-3,6-10H,4-5H2. The lowest BCUT2D eigenvalue weighted by Gasteiger charge is -2.06. The van der Waals surface area contributed by atoms with Crippen LogP contribution >= 0.6 is 0 Å². The van der Waals surface area contributed by atoms with Crippen LogP contribution in [0.1, 0.15) is 34.8 Å². The van der Waals surface area contributed by atoms with Gasteiger partial charge >= 0.3 is 5.97 Å². The van der Waals surface area contributed by atoms with Gasteiger partial charge in [-0.2, -0.15) is 0 Å². The Kier molecular flexibility index (Phi) is 2.99. The molecule has 1 fully saturated rings. The van der Waals surface area contributed by atoms with Gasteiger partial charge in [-0.15, -0.1) is 0 Å². The van der Waals surface area contributed by atoms with Gasteiger partial charge in [0.05, 0.1) is 0 Å². The lowest BCUT2D eigenvalue weighted by atomic mass is 10.1. The van der Waals surface area contributed by atoms with Crippen molar-refractivity contribution in [1.29, 1.82) is 0 Å². The quantitative estimate of drug-likeness (QED) is 0.625. The Hall–Kier alpha value is -2.23. The zero-order valence-corrected chi connectivity index (χ0v) is 10.2. The molecule has 0 amide bonds. The molecule has 0 unspecified atom stereocenters. The Morgan fingerprint density at radius 2 is 2.11 bits per heavy atom. The van der Waals surface area contributed by atoms with Gasteiger partial charge in [0.15, 0.2) is 0 Å². The molecule has 0 atom stereocenters. The maximum atomic E-state index is 13.8. The molecule has 4 heteroatoms. The van der Waals surface area contributed by atoms with Crippen molar-refractivity contribution in [2.24, 2.45) is 0 Å². The summed E-state index contributed by atoms with van der Waals surface area (Å²) >= 11 is 0. The third-order valence-corrected chi connectivity index (χ3v) is 3.07. The van der Waals surface area contributed by atoms with E-state index in [0.717, 1.165) is 12.8 Å². The maximum Gasteiger partial charge on any atom is 0.362 e. The number of carbonyl (C=O) groups excluding carboxylic acids is 1. The van der Waals surface area contributed by atoms with E-state index in [9.17, 15) is 9.18 Å². The second kappa shape index (κ2) is 4.80. The fraction of sp³-hybridized carbons (Fsp3) is 0.200. The Labute approximate surface area is 110 Å². The number of esters is 1. The van der Waals surface area contributed by atoms with E-state index in [1.54, 1.807) is 30.3 Å². The second-order valence-corrected chi connectivity index (χ2v) is 4.56. The van der Waals surface area contributed by atoms with E-state index in [0.29, 0.717) is 11.5 Å².